The minimum absolute atomic E-state index is 0.112. The van der Waals surface area contributed by atoms with Gasteiger partial charge in [0.1, 0.15) is 0 Å². The van der Waals surface area contributed by atoms with Gasteiger partial charge < -0.3 is 5.73 Å². The standard InChI is InChI=1S/C7H14N2/c1-3-5-9-6-7(8)4-2/h3,5-7H,4,8H2,1-2H3/b5-3-,9-6?. The van der Waals surface area contributed by atoms with Crippen LogP contribution < -0.4 is 5.73 Å². The van der Waals surface area contributed by atoms with Crippen molar-refractivity contribution in [3.05, 3.63) is 12.3 Å². The fourth-order valence-electron chi connectivity index (χ4n) is 0.352. The van der Waals surface area contributed by atoms with E-state index in [0.717, 1.165) is 6.42 Å². The van der Waals surface area contributed by atoms with Crippen LogP contribution >= 0.6 is 0 Å². The SMILES string of the molecule is C/C=C\N=CC(N)CC. The topological polar surface area (TPSA) is 38.4 Å². The van der Waals surface area contributed by atoms with E-state index in [9.17, 15) is 0 Å². The maximum Gasteiger partial charge on any atom is 0.0396 e. The van der Waals surface area contributed by atoms with Crippen molar-refractivity contribution in [3.63, 3.8) is 0 Å². The van der Waals surface area contributed by atoms with Crippen molar-refractivity contribution in [2.75, 3.05) is 0 Å². The van der Waals surface area contributed by atoms with Crippen LogP contribution in [-0.4, -0.2) is 12.3 Å². The largest absolute Gasteiger partial charge is 0.323 e. The molecule has 9 heavy (non-hydrogen) atoms. The predicted molar refractivity (Wildman–Crippen MR) is 41.6 cm³/mol. The molecule has 0 amide bonds. The molecule has 0 radical (unpaired) electrons. The highest BCUT2D eigenvalue weighted by atomic mass is 14.7. The van der Waals surface area contributed by atoms with Crippen LogP contribution in [0.15, 0.2) is 17.3 Å². The van der Waals surface area contributed by atoms with Crippen molar-refractivity contribution >= 4 is 6.21 Å². The Hall–Kier alpha value is -0.630. The lowest BCUT2D eigenvalue weighted by Gasteiger charge is -1.95. The zero-order chi connectivity index (χ0) is 7.11. The monoisotopic (exact) mass is 126 g/mol. The van der Waals surface area contributed by atoms with E-state index in [2.05, 4.69) is 4.99 Å². The molecule has 0 fully saturated rings. The maximum atomic E-state index is 5.53. The molecule has 0 aromatic heterocycles. The van der Waals surface area contributed by atoms with Gasteiger partial charge in [0.25, 0.3) is 0 Å². The molecule has 2 N–H and O–H groups in total. The molecule has 0 heterocycles. The number of hydrogen-bond donors (Lipinski definition) is 1. The zero-order valence-electron chi connectivity index (χ0n) is 6.04. The summed E-state index contributed by atoms with van der Waals surface area (Å²) in [6.45, 7) is 3.96. The van der Waals surface area contributed by atoms with Crippen LogP contribution in [0.4, 0.5) is 0 Å². The van der Waals surface area contributed by atoms with Gasteiger partial charge in [0.2, 0.25) is 0 Å². The van der Waals surface area contributed by atoms with Gasteiger partial charge in [0, 0.05) is 18.5 Å². The third kappa shape index (κ3) is 5.24. The van der Waals surface area contributed by atoms with Crippen LogP contribution in [0.3, 0.4) is 0 Å². The van der Waals surface area contributed by atoms with Gasteiger partial charge in [-0.15, -0.1) is 0 Å². The number of rotatable bonds is 3. The van der Waals surface area contributed by atoms with Crippen molar-refractivity contribution in [1.29, 1.82) is 0 Å². The lowest BCUT2D eigenvalue weighted by atomic mass is 10.3. The quantitative estimate of drug-likeness (QED) is 0.569. The Kier molecular flexibility index (Phi) is 5.12. The average Bonchev–Trinajstić information content (AvgIpc) is 1.89. The molecule has 52 valence electrons. The van der Waals surface area contributed by atoms with Gasteiger partial charge in [-0.3, -0.25) is 4.99 Å². The van der Waals surface area contributed by atoms with E-state index in [-0.39, 0.29) is 6.04 Å². The highest BCUT2D eigenvalue weighted by molar-refractivity contribution is 5.64. The first-order valence-electron chi connectivity index (χ1n) is 3.21. The second kappa shape index (κ2) is 5.51. The summed E-state index contributed by atoms with van der Waals surface area (Å²) in [4.78, 5) is 3.93. The third-order valence-electron chi connectivity index (χ3n) is 0.984. The van der Waals surface area contributed by atoms with Gasteiger partial charge in [0.05, 0.1) is 0 Å². The normalized spacial score (nSPS) is 15.4. The van der Waals surface area contributed by atoms with Crippen LogP contribution in [0.5, 0.6) is 0 Å². The number of nitrogens with two attached hydrogens (primary N) is 1. The molecule has 0 saturated carbocycles. The number of hydrogen-bond acceptors (Lipinski definition) is 2. The first-order chi connectivity index (χ1) is 4.31. The molecule has 0 bridgehead atoms. The molecule has 0 aliphatic heterocycles. The molecular weight excluding hydrogens is 112 g/mol. The van der Waals surface area contributed by atoms with Crippen LogP contribution in [0, 0.1) is 0 Å². The molecule has 0 aliphatic carbocycles. The van der Waals surface area contributed by atoms with Crippen molar-refractivity contribution in [2.24, 2.45) is 10.7 Å². The molecule has 0 saturated heterocycles. The van der Waals surface area contributed by atoms with Gasteiger partial charge in [-0.1, -0.05) is 13.0 Å². The highest BCUT2D eigenvalue weighted by Gasteiger charge is 1.88. The van der Waals surface area contributed by atoms with Crippen LogP contribution in [0.25, 0.3) is 0 Å². The molecule has 0 rings (SSSR count). The number of aliphatic imine (C=N–C) groups is 1. The maximum absolute atomic E-state index is 5.53. The molecule has 2 heteroatoms. The first kappa shape index (κ1) is 8.37. The lowest BCUT2D eigenvalue weighted by Crippen LogP contribution is -2.19. The molecule has 1 unspecified atom stereocenters. The smallest absolute Gasteiger partial charge is 0.0396 e. The Morgan fingerprint density at radius 2 is 2.33 bits per heavy atom. The van der Waals surface area contributed by atoms with Gasteiger partial charge >= 0.3 is 0 Å². The van der Waals surface area contributed by atoms with Crippen molar-refractivity contribution < 1.29 is 0 Å². The number of nitrogens with zero attached hydrogens (tertiary/aromatic N) is 1. The minimum atomic E-state index is 0.112. The van der Waals surface area contributed by atoms with E-state index >= 15 is 0 Å². The fourth-order valence-corrected chi connectivity index (χ4v) is 0.352. The van der Waals surface area contributed by atoms with Gasteiger partial charge in [-0.05, 0) is 13.3 Å². The van der Waals surface area contributed by atoms with E-state index in [1.165, 1.54) is 0 Å². The Balaban J connectivity index is 3.43. The molecule has 0 aromatic carbocycles. The van der Waals surface area contributed by atoms with Gasteiger partial charge in [0.15, 0.2) is 0 Å². The lowest BCUT2D eigenvalue weighted by molar-refractivity contribution is 0.833. The predicted octanol–water partition coefficient (Wildman–Crippen LogP) is 1.33. The van der Waals surface area contributed by atoms with Crippen LogP contribution in [0.2, 0.25) is 0 Å². The number of allylic oxidation sites excluding steroid dienone is 1. The van der Waals surface area contributed by atoms with Crippen LogP contribution in [0.1, 0.15) is 20.3 Å². The third-order valence-corrected chi connectivity index (χ3v) is 0.984. The molecule has 2 nitrogen and oxygen atoms in total. The molecule has 1 atom stereocenters. The van der Waals surface area contributed by atoms with E-state index < -0.39 is 0 Å². The van der Waals surface area contributed by atoms with E-state index in [4.69, 9.17) is 5.73 Å². The van der Waals surface area contributed by atoms with Crippen LogP contribution in [-0.2, 0) is 0 Å². The molecule has 0 spiro atoms. The zero-order valence-corrected chi connectivity index (χ0v) is 6.04. The van der Waals surface area contributed by atoms with Crippen molar-refractivity contribution in [1.82, 2.24) is 0 Å². The highest BCUT2D eigenvalue weighted by Crippen LogP contribution is 1.81. The molecule has 0 aliphatic rings. The average molecular weight is 126 g/mol. The summed E-state index contributed by atoms with van der Waals surface area (Å²) >= 11 is 0. The molecule has 0 aromatic rings. The summed E-state index contributed by atoms with van der Waals surface area (Å²) in [5.41, 5.74) is 5.53. The van der Waals surface area contributed by atoms with E-state index in [1.54, 1.807) is 12.4 Å². The summed E-state index contributed by atoms with van der Waals surface area (Å²) in [5, 5.41) is 0. The summed E-state index contributed by atoms with van der Waals surface area (Å²) in [6, 6.07) is 0.112. The molecular formula is C7H14N2. The summed E-state index contributed by atoms with van der Waals surface area (Å²) in [6.07, 6.45) is 6.30. The van der Waals surface area contributed by atoms with Crippen molar-refractivity contribution in [3.8, 4) is 0 Å². The Morgan fingerprint density at radius 1 is 1.67 bits per heavy atom. The Labute approximate surface area is 56.5 Å². The summed E-state index contributed by atoms with van der Waals surface area (Å²) in [5.74, 6) is 0. The Morgan fingerprint density at radius 3 is 2.78 bits per heavy atom. The van der Waals surface area contributed by atoms with Gasteiger partial charge in [-0.2, -0.15) is 0 Å². The van der Waals surface area contributed by atoms with Gasteiger partial charge in [-0.25, -0.2) is 0 Å². The van der Waals surface area contributed by atoms with E-state index in [1.807, 2.05) is 19.9 Å². The second-order valence-electron chi connectivity index (χ2n) is 1.85. The fraction of sp³-hybridized carbons (Fsp3) is 0.571. The first-order valence-corrected chi connectivity index (χ1v) is 3.21. The van der Waals surface area contributed by atoms with Crippen molar-refractivity contribution in [2.45, 2.75) is 26.3 Å². The second-order valence-corrected chi connectivity index (χ2v) is 1.85. The Bertz CT molecular complexity index is 105. The summed E-state index contributed by atoms with van der Waals surface area (Å²) < 4.78 is 0. The minimum Gasteiger partial charge on any atom is -0.323 e. The van der Waals surface area contributed by atoms with E-state index in [0.29, 0.717) is 0 Å². The summed E-state index contributed by atoms with van der Waals surface area (Å²) in [7, 11) is 0.